The van der Waals surface area contributed by atoms with Gasteiger partial charge in [-0.2, -0.15) is 0 Å². The number of hydrogen-bond acceptors (Lipinski definition) is 2. The molecule has 1 aliphatic carbocycles. The molecule has 1 N–H and O–H groups in total. The summed E-state index contributed by atoms with van der Waals surface area (Å²) in [5.74, 6) is 0.382. The van der Waals surface area contributed by atoms with Gasteiger partial charge in [-0.25, -0.2) is 0 Å². The van der Waals surface area contributed by atoms with Crippen LogP contribution in [0, 0.1) is 5.92 Å². The number of hydrogen-bond donors (Lipinski definition) is 1. The van der Waals surface area contributed by atoms with E-state index in [-0.39, 0.29) is 6.54 Å². The average Bonchev–Trinajstić information content (AvgIpc) is 3.13. The van der Waals surface area contributed by atoms with Gasteiger partial charge in [0.05, 0.1) is 6.54 Å². The van der Waals surface area contributed by atoms with Crippen LogP contribution in [0.2, 0.25) is 0 Å². The second kappa shape index (κ2) is 6.01. The van der Waals surface area contributed by atoms with Crippen molar-refractivity contribution in [3.63, 3.8) is 0 Å². The standard InChI is InChI=1S/C15H21NO2/c1-12(14-5-3-2-4-6-14)9-16(11-15(17)18)10-13-7-8-13/h2-6,12-13H,7-11H2,1H3,(H,17,18). The van der Waals surface area contributed by atoms with Gasteiger partial charge in [-0.3, -0.25) is 9.69 Å². The van der Waals surface area contributed by atoms with E-state index in [4.69, 9.17) is 5.11 Å². The van der Waals surface area contributed by atoms with Crippen molar-refractivity contribution in [2.45, 2.75) is 25.7 Å². The first kappa shape index (κ1) is 13.1. The van der Waals surface area contributed by atoms with Crippen LogP contribution in [-0.4, -0.2) is 35.6 Å². The Balaban J connectivity index is 1.92. The van der Waals surface area contributed by atoms with Crippen LogP contribution >= 0.6 is 0 Å². The number of carbonyl (C=O) groups is 1. The molecular weight excluding hydrogens is 226 g/mol. The molecule has 1 atom stereocenters. The summed E-state index contributed by atoms with van der Waals surface area (Å²) in [5.41, 5.74) is 1.28. The molecule has 0 aromatic heterocycles. The summed E-state index contributed by atoms with van der Waals surface area (Å²) in [7, 11) is 0. The van der Waals surface area contributed by atoms with Crippen LogP contribution in [0.25, 0.3) is 0 Å². The van der Waals surface area contributed by atoms with E-state index in [9.17, 15) is 4.79 Å². The summed E-state index contributed by atoms with van der Waals surface area (Å²) < 4.78 is 0. The highest BCUT2D eigenvalue weighted by molar-refractivity contribution is 5.69. The monoisotopic (exact) mass is 247 g/mol. The zero-order valence-corrected chi connectivity index (χ0v) is 10.9. The van der Waals surface area contributed by atoms with Crippen LogP contribution in [0.5, 0.6) is 0 Å². The summed E-state index contributed by atoms with van der Waals surface area (Å²) >= 11 is 0. The van der Waals surface area contributed by atoms with Crippen molar-refractivity contribution >= 4 is 5.97 Å². The fourth-order valence-corrected chi connectivity index (χ4v) is 2.33. The highest BCUT2D eigenvalue weighted by Crippen LogP contribution is 2.30. The molecule has 3 heteroatoms. The average molecular weight is 247 g/mol. The second-order valence-corrected chi connectivity index (χ2v) is 5.34. The summed E-state index contributed by atoms with van der Waals surface area (Å²) in [6.07, 6.45) is 2.52. The minimum absolute atomic E-state index is 0.160. The molecule has 1 aromatic rings. The fraction of sp³-hybridized carbons (Fsp3) is 0.533. The first-order valence-corrected chi connectivity index (χ1v) is 6.64. The molecule has 0 aliphatic heterocycles. The maximum Gasteiger partial charge on any atom is 0.317 e. The molecule has 98 valence electrons. The number of rotatable bonds is 7. The van der Waals surface area contributed by atoms with Crippen LogP contribution in [0.1, 0.15) is 31.2 Å². The van der Waals surface area contributed by atoms with Gasteiger partial charge in [0.25, 0.3) is 0 Å². The molecule has 0 radical (unpaired) electrons. The van der Waals surface area contributed by atoms with Gasteiger partial charge in [0.2, 0.25) is 0 Å². The van der Waals surface area contributed by atoms with Gasteiger partial charge in [0, 0.05) is 13.1 Å². The lowest BCUT2D eigenvalue weighted by Gasteiger charge is -2.24. The molecule has 2 rings (SSSR count). The smallest absolute Gasteiger partial charge is 0.317 e. The third-order valence-electron chi connectivity index (χ3n) is 3.47. The Morgan fingerprint density at radius 2 is 2.06 bits per heavy atom. The highest BCUT2D eigenvalue weighted by Gasteiger charge is 2.26. The summed E-state index contributed by atoms with van der Waals surface area (Å²) in [6.45, 7) is 4.08. The normalized spacial score (nSPS) is 16.8. The first-order valence-electron chi connectivity index (χ1n) is 6.64. The maximum atomic E-state index is 10.9. The Hall–Kier alpha value is -1.35. The van der Waals surface area contributed by atoms with Crippen molar-refractivity contribution in [3.05, 3.63) is 35.9 Å². The van der Waals surface area contributed by atoms with E-state index in [0.29, 0.717) is 5.92 Å². The minimum atomic E-state index is -0.726. The Morgan fingerprint density at radius 3 is 2.61 bits per heavy atom. The fourth-order valence-electron chi connectivity index (χ4n) is 2.33. The largest absolute Gasteiger partial charge is 0.480 e. The zero-order chi connectivity index (χ0) is 13.0. The van der Waals surface area contributed by atoms with Crippen molar-refractivity contribution in [3.8, 4) is 0 Å². The lowest BCUT2D eigenvalue weighted by atomic mass is 10.0. The van der Waals surface area contributed by atoms with Crippen molar-refractivity contribution in [1.29, 1.82) is 0 Å². The quantitative estimate of drug-likeness (QED) is 0.805. The van der Waals surface area contributed by atoms with E-state index in [1.165, 1.54) is 18.4 Å². The van der Waals surface area contributed by atoms with E-state index in [2.05, 4.69) is 24.0 Å². The predicted octanol–water partition coefficient (Wildman–Crippen LogP) is 2.59. The maximum absolute atomic E-state index is 10.9. The molecule has 1 saturated carbocycles. The van der Waals surface area contributed by atoms with Crippen LogP contribution < -0.4 is 0 Å². The molecule has 0 bridgehead atoms. The van der Waals surface area contributed by atoms with Gasteiger partial charge >= 0.3 is 5.97 Å². The van der Waals surface area contributed by atoms with Crippen LogP contribution in [0.3, 0.4) is 0 Å². The Morgan fingerprint density at radius 1 is 1.39 bits per heavy atom. The molecule has 1 unspecified atom stereocenters. The van der Waals surface area contributed by atoms with E-state index < -0.39 is 5.97 Å². The van der Waals surface area contributed by atoms with Gasteiger partial charge in [-0.15, -0.1) is 0 Å². The third-order valence-corrected chi connectivity index (χ3v) is 3.47. The highest BCUT2D eigenvalue weighted by atomic mass is 16.4. The van der Waals surface area contributed by atoms with Gasteiger partial charge in [0.1, 0.15) is 0 Å². The number of carboxylic acid groups (broad SMARTS) is 1. The molecule has 0 saturated heterocycles. The summed E-state index contributed by atoms with van der Waals surface area (Å²) in [6, 6.07) is 10.3. The van der Waals surface area contributed by atoms with Crippen molar-refractivity contribution < 1.29 is 9.90 Å². The number of benzene rings is 1. The van der Waals surface area contributed by atoms with Gasteiger partial charge < -0.3 is 5.11 Å². The SMILES string of the molecule is CC(CN(CC(=O)O)CC1CC1)c1ccccc1. The second-order valence-electron chi connectivity index (χ2n) is 5.34. The Kier molecular flexibility index (Phi) is 4.37. The molecule has 0 spiro atoms. The predicted molar refractivity (Wildman–Crippen MR) is 71.7 cm³/mol. The van der Waals surface area contributed by atoms with E-state index in [1.807, 2.05) is 18.2 Å². The Labute approximate surface area is 108 Å². The summed E-state index contributed by atoms with van der Waals surface area (Å²) in [4.78, 5) is 13.0. The topological polar surface area (TPSA) is 40.5 Å². The molecule has 1 aliphatic rings. The van der Waals surface area contributed by atoms with E-state index >= 15 is 0 Å². The molecule has 18 heavy (non-hydrogen) atoms. The van der Waals surface area contributed by atoms with Gasteiger partial charge in [-0.1, -0.05) is 37.3 Å². The number of nitrogens with zero attached hydrogens (tertiary/aromatic N) is 1. The van der Waals surface area contributed by atoms with E-state index in [0.717, 1.165) is 19.0 Å². The van der Waals surface area contributed by atoms with Crippen molar-refractivity contribution in [2.24, 2.45) is 5.92 Å². The van der Waals surface area contributed by atoms with E-state index in [1.54, 1.807) is 0 Å². The molecule has 0 amide bonds. The van der Waals surface area contributed by atoms with Crippen molar-refractivity contribution in [2.75, 3.05) is 19.6 Å². The van der Waals surface area contributed by atoms with Crippen LogP contribution in [0.4, 0.5) is 0 Å². The molecule has 0 heterocycles. The van der Waals surface area contributed by atoms with Crippen molar-refractivity contribution in [1.82, 2.24) is 4.90 Å². The number of aliphatic carboxylic acids is 1. The number of carboxylic acids is 1. The van der Waals surface area contributed by atoms with Crippen LogP contribution in [-0.2, 0) is 4.79 Å². The third kappa shape index (κ3) is 4.15. The molecule has 1 aromatic carbocycles. The Bertz CT molecular complexity index is 387. The lowest BCUT2D eigenvalue weighted by Crippen LogP contribution is -2.34. The molecule has 3 nitrogen and oxygen atoms in total. The van der Waals surface area contributed by atoms with Gasteiger partial charge in [0.15, 0.2) is 0 Å². The van der Waals surface area contributed by atoms with Gasteiger partial charge in [-0.05, 0) is 30.2 Å². The first-order chi connectivity index (χ1) is 8.65. The lowest BCUT2D eigenvalue weighted by molar-refractivity contribution is -0.138. The summed E-state index contributed by atoms with van der Waals surface area (Å²) in [5, 5.41) is 8.96. The minimum Gasteiger partial charge on any atom is -0.480 e. The van der Waals surface area contributed by atoms with Crippen LogP contribution in [0.15, 0.2) is 30.3 Å². The molecular formula is C15H21NO2. The zero-order valence-electron chi connectivity index (χ0n) is 10.9. The molecule has 1 fully saturated rings.